The summed E-state index contributed by atoms with van der Waals surface area (Å²) in [5.74, 6) is 0.606. The van der Waals surface area contributed by atoms with Gasteiger partial charge in [0.1, 0.15) is 5.82 Å². The first kappa shape index (κ1) is 20.4. The SMILES string of the molecule is CCNC(=NCCCCOCCOC)NCCc1cccc(F)c1. The van der Waals surface area contributed by atoms with Crippen LogP contribution in [0.5, 0.6) is 0 Å². The quantitative estimate of drug-likeness (QED) is 0.349. The molecule has 0 bridgehead atoms. The Morgan fingerprint density at radius 1 is 1.17 bits per heavy atom. The predicted molar refractivity (Wildman–Crippen MR) is 96.0 cm³/mol. The molecule has 0 amide bonds. The van der Waals surface area contributed by atoms with Crippen molar-refractivity contribution in [3.05, 3.63) is 35.6 Å². The third-order valence-corrected chi connectivity index (χ3v) is 3.34. The number of nitrogens with zero attached hydrogens (tertiary/aromatic N) is 1. The molecule has 0 heterocycles. The number of guanidine groups is 1. The van der Waals surface area contributed by atoms with Gasteiger partial charge in [0.05, 0.1) is 13.2 Å². The molecule has 0 fully saturated rings. The minimum atomic E-state index is -0.194. The number of hydrogen-bond acceptors (Lipinski definition) is 3. The third-order valence-electron chi connectivity index (χ3n) is 3.34. The molecule has 24 heavy (non-hydrogen) atoms. The van der Waals surface area contributed by atoms with Crippen LogP contribution < -0.4 is 10.6 Å². The van der Waals surface area contributed by atoms with Crippen molar-refractivity contribution < 1.29 is 13.9 Å². The average Bonchev–Trinajstić information content (AvgIpc) is 2.57. The lowest BCUT2D eigenvalue weighted by Gasteiger charge is -2.11. The molecule has 0 aliphatic rings. The van der Waals surface area contributed by atoms with Gasteiger partial charge in [-0.3, -0.25) is 4.99 Å². The summed E-state index contributed by atoms with van der Waals surface area (Å²) < 4.78 is 23.5. The highest BCUT2D eigenvalue weighted by Gasteiger charge is 1.99. The van der Waals surface area contributed by atoms with Gasteiger partial charge in [0.15, 0.2) is 5.96 Å². The molecule has 5 nitrogen and oxygen atoms in total. The Labute approximate surface area is 144 Å². The van der Waals surface area contributed by atoms with Crippen LogP contribution in [0.15, 0.2) is 29.3 Å². The van der Waals surface area contributed by atoms with E-state index >= 15 is 0 Å². The number of nitrogens with one attached hydrogen (secondary N) is 2. The van der Waals surface area contributed by atoms with E-state index < -0.39 is 0 Å². The molecule has 0 saturated heterocycles. The van der Waals surface area contributed by atoms with E-state index in [9.17, 15) is 4.39 Å². The fourth-order valence-electron chi connectivity index (χ4n) is 2.11. The summed E-state index contributed by atoms with van der Waals surface area (Å²) in [5, 5.41) is 6.49. The van der Waals surface area contributed by atoms with E-state index in [2.05, 4.69) is 15.6 Å². The van der Waals surface area contributed by atoms with Gasteiger partial charge < -0.3 is 20.1 Å². The van der Waals surface area contributed by atoms with Crippen molar-refractivity contribution in [2.75, 3.05) is 46.6 Å². The van der Waals surface area contributed by atoms with E-state index in [1.807, 2.05) is 13.0 Å². The Balaban J connectivity index is 2.19. The van der Waals surface area contributed by atoms with Gasteiger partial charge in [-0.15, -0.1) is 0 Å². The largest absolute Gasteiger partial charge is 0.382 e. The van der Waals surface area contributed by atoms with Crippen LogP contribution >= 0.6 is 0 Å². The zero-order valence-corrected chi connectivity index (χ0v) is 14.8. The maximum absolute atomic E-state index is 13.1. The van der Waals surface area contributed by atoms with Crippen LogP contribution in [0.3, 0.4) is 0 Å². The molecule has 0 aliphatic heterocycles. The van der Waals surface area contributed by atoms with Crippen LogP contribution in [0.25, 0.3) is 0 Å². The predicted octanol–water partition coefficient (Wildman–Crippen LogP) is 2.37. The molecule has 0 aliphatic carbocycles. The van der Waals surface area contributed by atoms with Crippen LogP contribution in [0.1, 0.15) is 25.3 Å². The van der Waals surface area contributed by atoms with Crippen LogP contribution in [0.4, 0.5) is 4.39 Å². The van der Waals surface area contributed by atoms with E-state index in [1.54, 1.807) is 19.2 Å². The highest BCUT2D eigenvalue weighted by atomic mass is 19.1. The minimum absolute atomic E-state index is 0.194. The highest BCUT2D eigenvalue weighted by molar-refractivity contribution is 5.79. The second-order valence-corrected chi connectivity index (χ2v) is 5.38. The zero-order valence-electron chi connectivity index (χ0n) is 14.8. The molecule has 1 aromatic rings. The van der Waals surface area contributed by atoms with Crippen molar-refractivity contribution in [2.24, 2.45) is 4.99 Å². The standard InChI is InChI=1S/C18H30FN3O2/c1-3-20-18(21-10-4-5-12-24-14-13-23-2)22-11-9-16-7-6-8-17(19)15-16/h6-8,15H,3-5,9-14H2,1-2H3,(H2,20,21,22). The lowest BCUT2D eigenvalue weighted by Crippen LogP contribution is -2.38. The van der Waals surface area contributed by atoms with E-state index in [4.69, 9.17) is 9.47 Å². The molecule has 0 aromatic heterocycles. The second kappa shape index (κ2) is 13.7. The lowest BCUT2D eigenvalue weighted by molar-refractivity contribution is 0.0690. The number of methoxy groups -OCH3 is 1. The van der Waals surface area contributed by atoms with Gasteiger partial charge in [-0.05, 0) is 43.9 Å². The Morgan fingerprint density at radius 2 is 2.04 bits per heavy atom. The Kier molecular flexibility index (Phi) is 11.7. The molecule has 136 valence electrons. The first-order chi connectivity index (χ1) is 11.8. The Morgan fingerprint density at radius 3 is 2.79 bits per heavy atom. The van der Waals surface area contributed by atoms with Crippen molar-refractivity contribution in [3.8, 4) is 0 Å². The number of aliphatic imine (C=N–C) groups is 1. The van der Waals surface area contributed by atoms with Gasteiger partial charge in [0, 0.05) is 33.4 Å². The number of hydrogen-bond donors (Lipinski definition) is 2. The van der Waals surface area contributed by atoms with E-state index in [-0.39, 0.29) is 5.82 Å². The van der Waals surface area contributed by atoms with Crippen LogP contribution in [0, 0.1) is 5.82 Å². The molecule has 0 radical (unpaired) electrons. The highest BCUT2D eigenvalue weighted by Crippen LogP contribution is 2.03. The van der Waals surface area contributed by atoms with Crippen molar-refractivity contribution in [1.29, 1.82) is 0 Å². The fourth-order valence-corrected chi connectivity index (χ4v) is 2.11. The molecule has 2 N–H and O–H groups in total. The van der Waals surface area contributed by atoms with E-state index in [0.29, 0.717) is 13.2 Å². The zero-order chi connectivity index (χ0) is 17.5. The van der Waals surface area contributed by atoms with Crippen molar-refractivity contribution >= 4 is 5.96 Å². The first-order valence-corrected chi connectivity index (χ1v) is 8.59. The van der Waals surface area contributed by atoms with Crippen LogP contribution in [-0.4, -0.2) is 52.5 Å². The first-order valence-electron chi connectivity index (χ1n) is 8.59. The average molecular weight is 339 g/mol. The van der Waals surface area contributed by atoms with E-state index in [1.165, 1.54) is 6.07 Å². The molecular formula is C18H30FN3O2. The number of unbranched alkanes of at least 4 members (excludes halogenated alkanes) is 1. The van der Waals surface area contributed by atoms with Crippen LogP contribution in [0.2, 0.25) is 0 Å². The fraction of sp³-hybridized carbons (Fsp3) is 0.611. The van der Waals surface area contributed by atoms with Gasteiger partial charge in [0.2, 0.25) is 0 Å². The summed E-state index contributed by atoms with van der Waals surface area (Å²) in [7, 11) is 1.67. The monoisotopic (exact) mass is 339 g/mol. The summed E-state index contributed by atoms with van der Waals surface area (Å²) in [6.45, 7) is 6.34. The van der Waals surface area contributed by atoms with Gasteiger partial charge >= 0.3 is 0 Å². The molecule has 0 saturated carbocycles. The number of halogens is 1. The Hall–Kier alpha value is -1.66. The maximum Gasteiger partial charge on any atom is 0.191 e. The summed E-state index contributed by atoms with van der Waals surface area (Å²) in [6.07, 6.45) is 2.72. The summed E-state index contributed by atoms with van der Waals surface area (Å²) in [6, 6.07) is 6.69. The normalized spacial score (nSPS) is 11.5. The van der Waals surface area contributed by atoms with Crippen molar-refractivity contribution in [1.82, 2.24) is 10.6 Å². The molecule has 0 spiro atoms. The molecule has 1 aromatic carbocycles. The molecular weight excluding hydrogens is 309 g/mol. The van der Waals surface area contributed by atoms with E-state index in [0.717, 1.165) is 57.0 Å². The second-order valence-electron chi connectivity index (χ2n) is 5.38. The third kappa shape index (κ3) is 10.2. The lowest BCUT2D eigenvalue weighted by atomic mass is 10.1. The molecule has 0 atom stereocenters. The smallest absolute Gasteiger partial charge is 0.191 e. The van der Waals surface area contributed by atoms with Gasteiger partial charge in [0.25, 0.3) is 0 Å². The summed E-state index contributed by atoms with van der Waals surface area (Å²) in [5.41, 5.74) is 0.978. The van der Waals surface area contributed by atoms with Crippen molar-refractivity contribution in [2.45, 2.75) is 26.2 Å². The molecule has 0 unspecified atom stereocenters. The summed E-state index contributed by atoms with van der Waals surface area (Å²) >= 11 is 0. The maximum atomic E-state index is 13.1. The molecule has 6 heteroatoms. The summed E-state index contributed by atoms with van der Waals surface area (Å²) in [4.78, 5) is 4.54. The topological polar surface area (TPSA) is 54.9 Å². The van der Waals surface area contributed by atoms with Gasteiger partial charge in [-0.2, -0.15) is 0 Å². The number of ether oxygens (including phenoxy) is 2. The number of rotatable bonds is 12. The van der Waals surface area contributed by atoms with Crippen molar-refractivity contribution in [3.63, 3.8) is 0 Å². The minimum Gasteiger partial charge on any atom is -0.382 e. The van der Waals surface area contributed by atoms with Crippen LogP contribution in [-0.2, 0) is 15.9 Å². The molecule has 1 rings (SSSR count). The Bertz CT molecular complexity index is 469. The number of benzene rings is 1. The van der Waals surface area contributed by atoms with Gasteiger partial charge in [-0.1, -0.05) is 12.1 Å². The van der Waals surface area contributed by atoms with Gasteiger partial charge in [-0.25, -0.2) is 4.39 Å².